The first-order valence-corrected chi connectivity index (χ1v) is 3.01. The quantitative estimate of drug-likeness (QED) is 0.621. The Hall–Kier alpha value is -0.150. The molecule has 1 aromatic carbocycles. The highest BCUT2D eigenvalue weighted by molar-refractivity contribution is 9.10. The third-order valence-corrected chi connectivity index (χ3v) is 1.34. The van der Waals surface area contributed by atoms with E-state index in [1.54, 1.807) is 12.1 Å². The summed E-state index contributed by atoms with van der Waals surface area (Å²) in [6, 6.07) is 6.48. The first kappa shape index (κ1) is 8.85. The molecular weight excluding hydrogens is 200 g/mol. The van der Waals surface area contributed by atoms with E-state index in [-0.39, 0.29) is 19.2 Å². The molecule has 0 N–H and O–H groups in total. The Morgan fingerprint density at radius 2 is 1.56 bits per heavy atom. The molecule has 0 aliphatic rings. The molecule has 1 radical (unpaired) electrons. The van der Waals surface area contributed by atoms with Gasteiger partial charge in [0.05, 0.1) is 0 Å². The van der Waals surface area contributed by atoms with Crippen LogP contribution >= 0.6 is 29.4 Å². The van der Waals surface area contributed by atoms with E-state index in [9.17, 15) is 5.11 Å². The predicted octanol–water partition coefficient (Wildman–Crippen LogP) is 2.71. The highest BCUT2D eigenvalue weighted by Gasteiger charge is 1.86. The fraction of sp³-hybridized carbons (Fsp3) is 0. The van der Waals surface area contributed by atoms with Crippen LogP contribution in [0.4, 0.5) is 0 Å². The molecule has 0 heterocycles. The smallest absolute Gasteiger partial charge is 0.178 e. The molecular formula is C6H6BrOS. The fourth-order valence-corrected chi connectivity index (χ4v) is 0.699. The largest absolute Gasteiger partial charge is 0.290 e. The summed E-state index contributed by atoms with van der Waals surface area (Å²) in [6.07, 6.45) is 0. The van der Waals surface area contributed by atoms with Crippen molar-refractivity contribution in [2.45, 2.75) is 0 Å². The van der Waals surface area contributed by atoms with E-state index < -0.39 is 0 Å². The Balaban J connectivity index is 0.000000640. The van der Waals surface area contributed by atoms with Crippen molar-refractivity contribution in [1.82, 2.24) is 0 Å². The number of halogens is 1. The lowest BCUT2D eigenvalue weighted by Gasteiger charge is -1.84. The van der Waals surface area contributed by atoms with Gasteiger partial charge in [0.1, 0.15) is 0 Å². The van der Waals surface area contributed by atoms with Crippen molar-refractivity contribution in [3.63, 3.8) is 0 Å². The zero-order chi connectivity index (χ0) is 5.98. The molecule has 0 unspecified atom stereocenters. The summed E-state index contributed by atoms with van der Waals surface area (Å²) in [5.41, 5.74) is 0. The van der Waals surface area contributed by atoms with Gasteiger partial charge in [-0.15, -0.1) is 0 Å². The summed E-state index contributed by atoms with van der Waals surface area (Å²) in [4.78, 5) is 0. The van der Waals surface area contributed by atoms with Crippen LogP contribution in [0.25, 0.3) is 0 Å². The molecule has 0 aliphatic carbocycles. The first-order chi connectivity index (χ1) is 3.79. The van der Waals surface area contributed by atoms with E-state index >= 15 is 0 Å². The van der Waals surface area contributed by atoms with Gasteiger partial charge in [-0.2, -0.15) is 13.5 Å². The molecule has 0 bridgehead atoms. The minimum atomic E-state index is 0. The minimum Gasteiger partial charge on any atom is -0.290 e. The van der Waals surface area contributed by atoms with Crippen LogP contribution in [0.15, 0.2) is 28.7 Å². The normalized spacial score (nSPS) is 8.11. The maximum atomic E-state index is 10.4. The second kappa shape index (κ2) is 3.80. The Labute approximate surface area is 69.3 Å². The number of benzene rings is 1. The number of hydrogen-bond donors (Lipinski definition) is 0. The average Bonchev–Trinajstić information content (AvgIpc) is 1.77. The molecule has 0 aliphatic heterocycles. The lowest BCUT2D eigenvalue weighted by atomic mass is 10.3. The van der Waals surface area contributed by atoms with E-state index in [0.29, 0.717) is 0 Å². The van der Waals surface area contributed by atoms with Crippen LogP contribution in [-0.2, 0) is 5.11 Å². The molecule has 1 rings (SSSR count). The molecule has 0 saturated carbocycles. The molecule has 9 heavy (non-hydrogen) atoms. The van der Waals surface area contributed by atoms with Crippen molar-refractivity contribution in [2.75, 3.05) is 0 Å². The maximum Gasteiger partial charge on any atom is 0.178 e. The van der Waals surface area contributed by atoms with Gasteiger partial charge in [-0.05, 0) is 24.3 Å². The minimum absolute atomic E-state index is 0. The van der Waals surface area contributed by atoms with Crippen LogP contribution in [-0.4, -0.2) is 0 Å². The van der Waals surface area contributed by atoms with Gasteiger partial charge in [-0.25, -0.2) is 0 Å². The van der Waals surface area contributed by atoms with Crippen molar-refractivity contribution in [1.29, 1.82) is 0 Å². The van der Waals surface area contributed by atoms with Gasteiger partial charge in [0.15, 0.2) is 5.75 Å². The van der Waals surface area contributed by atoms with Gasteiger partial charge < -0.3 is 0 Å². The predicted molar refractivity (Wildman–Crippen MR) is 44.7 cm³/mol. The SMILES string of the molecule is S.[O]c1ccc(Br)cc1. The zero-order valence-corrected chi connectivity index (χ0v) is 7.18. The molecule has 0 aromatic heterocycles. The lowest BCUT2D eigenvalue weighted by molar-refractivity contribution is 0.355. The standard InChI is InChI=1S/C6H4BrO.H2S/c7-5-1-3-6(8)4-2-5;/h1-4H;1H2. The molecule has 3 heteroatoms. The van der Waals surface area contributed by atoms with Crippen molar-refractivity contribution >= 4 is 29.4 Å². The maximum absolute atomic E-state index is 10.4. The van der Waals surface area contributed by atoms with Crippen LogP contribution in [0.2, 0.25) is 0 Å². The molecule has 0 amide bonds. The van der Waals surface area contributed by atoms with Crippen molar-refractivity contribution in [3.8, 4) is 5.75 Å². The Kier molecular flexibility index (Phi) is 3.73. The Morgan fingerprint density at radius 1 is 1.11 bits per heavy atom. The third kappa shape index (κ3) is 2.77. The molecule has 49 valence electrons. The highest BCUT2D eigenvalue weighted by atomic mass is 79.9. The third-order valence-electron chi connectivity index (χ3n) is 0.814. The highest BCUT2D eigenvalue weighted by Crippen LogP contribution is 2.14. The fourth-order valence-electron chi connectivity index (χ4n) is 0.435. The number of hydrogen-bond acceptors (Lipinski definition) is 0. The summed E-state index contributed by atoms with van der Waals surface area (Å²) >= 11 is 3.21. The van der Waals surface area contributed by atoms with E-state index in [2.05, 4.69) is 15.9 Å². The molecule has 1 aromatic rings. The first-order valence-electron chi connectivity index (χ1n) is 2.21. The molecule has 0 spiro atoms. The van der Waals surface area contributed by atoms with Crippen LogP contribution < -0.4 is 0 Å². The summed E-state index contributed by atoms with van der Waals surface area (Å²) in [7, 11) is 0. The van der Waals surface area contributed by atoms with Crippen LogP contribution in [0, 0.1) is 0 Å². The van der Waals surface area contributed by atoms with Crippen LogP contribution in [0.1, 0.15) is 0 Å². The van der Waals surface area contributed by atoms with Gasteiger partial charge in [-0.3, -0.25) is 5.11 Å². The Morgan fingerprint density at radius 3 is 1.89 bits per heavy atom. The van der Waals surface area contributed by atoms with E-state index in [0.717, 1.165) is 4.47 Å². The van der Waals surface area contributed by atoms with Crippen LogP contribution in [0.3, 0.4) is 0 Å². The van der Waals surface area contributed by atoms with E-state index in [1.165, 1.54) is 12.1 Å². The summed E-state index contributed by atoms with van der Waals surface area (Å²) in [6.45, 7) is 0. The van der Waals surface area contributed by atoms with Gasteiger partial charge in [0.25, 0.3) is 0 Å². The monoisotopic (exact) mass is 205 g/mol. The molecule has 1 nitrogen and oxygen atoms in total. The molecule has 0 atom stereocenters. The topological polar surface area (TPSA) is 19.9 Å². The van der Waals surface area contributed by atoms with Gasteiger partial charge in [0.2, 0.25) is 0 Å². The van der Waals surface area contributed by atoms with Gasteiger partial charge in [-0.1, -0.05) is 15.9 Å². The van der Waals surface area contributed by atoms with E-state index in [4.69, 9.17) is 0 Å². The second-order valence-electron chi connectivity index (χ2n) is 1.45. The van der Waals surface area contributed by atoms with Crippen molar-refractivity contribution in [2.24, 2.45) is 0 Å². The van der Waals surface area contributed by atoms with E-state index in [1.807, 2.05) is 0 Å². The summed E-state index contributed by atoms with van der Waals surface area (Å²) in [5, 5.41) is 10.4. The summed E-state index contributed by atoms with van der Waals surface area (Å²) in [5.74, 6) is 0.0493. The number of rotatable bonds is 0. The molecule has 0 saturated heterocycles. The van der Waals surface area contributed by atoms with Crippen molar-refractivity contribution in [3.05, 3.63) is 28.7 Å². The average molecular weight is 206 g/mol. The van der Waals surface area contributed by atoms with Crippen molar-refractivity contribution < 1.29 is 5.11 Å². The van der Waals surface area contributed by atoms with Crippen LogP contribution in [0.5, 0.6) is 5.75 Å². The second-order valence-corrected chi connectivity index (χ2v) is 2.37. The van der Waals surface area contributed by atoms with Gasteiger partial charge in [0, 0.05) is 4.47 Å². The zero-order valence-electron chi connectivity index (χ0n) is 4.60. The summed E-state index contributed by atoms with van der Waals surface area (Å²) < 4.78 is 0.942. The lowest BCUT2D eigenvalue weighted by Crippen LogP contribution is -1.59. The van der Waals surface area contributed by atoms with Gasteiger partial charge >= 0.3 is 0 Å². The molecule has 0 fully saturated rings. The Bertz CT molecular complexity index is 152.